The number of hydrogen-bond donors (Lipinski definition) is 2. The number of amides is 1. The lowest BCUT2D eigenvalue weighted by Gasteiger charge is -2.10. The largest absolute Gasteiger partial charge is 0.507 e. The van der Waals surface area contributed by atoms with Gasteiger partial charge in [0, 0.05) is 10.6 Å². The highest BCUT2D eigenvalue weighted by atomic mass is 32.2. The number of carbonyl (C=O) groups is 1. The number of phenolic OH excluding ortho intramolecular Hbond substituents is 1. The number of thioether (sulfide) groups is 1. The Morgan fingerprint density at radius 2 is 1.85 bits per heavy atom. The third kappa shape index (κ3) is 3.54. The summed E-state index contributed by atoms with van der Waals surface area (Å²) >= 11 is 3.04. The number of anilines is 1. The summed E-state index contributed by atoms with van der Waals surface area (Å²) in [7, 11) is 0. The third-order valence-corrected chi connectivity index (χ3v) is 6.00. The number of aromatic nitrogens is 1. The number of carbonyl (C=O) groups excluding carboxylic acids is 1. The van der Waals surface area contributed by atoms with Crippen molar-refractivity contribution in [3.63, 3.8) is 0 Å². The molecule has 0 aliphatic carbocycles. The first-order chi connectivity index (χ1) is 13.2. The summed E-state index contributed by atoms with van der Waals surface area (Å²) in [5.41, 5.74) is 2.73. The van der Waals surface area contributed by atoms with E-state index in [1.807, 2.05) is 48.7 Å². The molecule has 134 valence electrons. The van der Waals surface area contributed by atoms with Gasteiger partial charge in [0.2, 0.25) is 0 Å². The minimum Gasteiger partial charge on any atom is -0.507 e. The fourth-order valence-corrected chi connectivity index (χ4v) is 4.39. The van der Waals surface area contributed by atoms with E-state index in [1.54, 1.807) is 24.3 Å². The minimum atomic E-state index is -0.180. The average molecular weight is 393 g/mol. The van der Waals surface area contributed by atoms with Gasteiger partial charge in [-0.25, -0.2) is 4.98 Å². The second-order valence-corrected chi connectivity index (χ2v) is 7.75. The molecular formula is C21H16N2O2S2. The van der Waals surface area contributed by atoms with Gasteiger partial charge in [-0.2, -0.15) is 0 Å². The molecule has 6 heteroatoms. The van der Waals surface area contributed by atoms with E-state index in [1.165, 1.54) is 23.1 Å². The van der Waals surface area contributed by atoms with Crippen LogP contribution in [0.4, 0.5) is 5.69 Å². The highest BCUT2D eigenvalue weighted by Gasteiger charge is 2.14. The minimum absolute atomic E-state index is 0.136. The number of aromatic hydroxyl groups is 1. The first-order valence-electron chi connectivity index (χ1n) is 8.29. The Kier molecular flexibility index (Phi) is 4.83. The van der Waals surface area contributed by atoms with Crippen molar-refractivity contribution in [3.8, 4) is 16.3 Å². The number of phenols is 1. The fraction of sp³-hybridized carbons (Fsp3) is 0.0476. The van der Waals surface area contributed by atoms with E-state index in [4.69, 9.17) is 0 Å². The number of para-hydroxylation sites is 1. The van der Waals surface area contributed by atoms with Crippen LogP contribution in [-0.4, -0.2) is 22.3 Å². The summed E-state index contributed by atoms with van der Waals surface area (Å²) in [6, 6.07) is 20.3. The monoisotopic (exact) mass is 392 g/mol. The normalized spacial score (nSPS) is 10.9. The molecule has 0 radical (unpaired) electrons. The molecule has 4 nitrogen and oxygen atoms in total. The van der Waals surface area contributed by atoms with Crippen LogP contribution in [0.1, 0.15) is 10.4 Å². The Morgan fingerprint density at radius 1 is 1.07 bits per heavy atom. The van der Waals surface area contributed by atoms with Crippen molar-refractivity contribution < 1.29 is 9.90 Å². The Hall–Kier alpha value is -2.83. The Morgan fingerprint density at radius 3 is 2.67 bits per heavy atom. The molecule has 27 heavy (non-hydrogen) atoms. The Bertz CT molecular complexity index is 1100. The molecular weight excluding hydrogens is 376 g/mol. The maximum atomic E-state index is 12.7. The molecule has 3 aromatic carbocycles. The van der Waals surface area contributed by atoms with Crippen LogP contribution in [0.25, 0.3) is 20.8 Å². The molecule has 4 aromatic rings. The highest BCUT2D eigenvalue weighted by Crippen LogP contribution is 2.36. The summed E-state index contributed by atoms with van der Waals surface area (Å²) in [6.07, 6.45) is 1.94. The standard InChI is InChI=1S/C21H16N2O2S2/c1-26-18-8-4-2-6-14(18)20(25)22-13-10-11-17(24)15(12-13)21-23-16-7-3-5-9-19(16)27-21/h2-12,24H,1H3,(H,22,25). The van der Waals surface area contributed by atoms with Gasteiger partial charge in [-0.05, 0) is 48.7 Å². The Labute approximate surface area is 164 Å². The predicted molar refractivity (Wildman–Crippen MR) is 113 cm³/mol. The van der Waals surface area contributed by atoms with Gasteiger partial charge in [-0.3, -0.25) is 4.79 Å². The van der Waals surface area contributed by atoms with Crippen LogP contribution >= 0.6 is 23.1 Å². The van der Waals surface area contributed by atoms with Gasteiger partial charge in [0.25, 0.3) is 5.91 Å². The van der Waals surface area contributed by atoms with Gasteiger partial charge in [0.05, 0.1) is 21.3 Å². The van der Waals surface area contributed by atoms with E-state index in [9.17, 15) is 9.90 Å². The molecule has 0 aliphatic rings. The van der Waals surface area contributed by atoms with E-state index < -0.39 is 0 Å². The lowest BCUT2D eigenvalue weighted by atomic mass is 10.1. The molecule has 4 rings (SSSR count). The molecule has 2 N–H and O–H groups in total. The van der Waals surface area contributed by atoms with Crippen LogP contribution in [0, 0.1) is 0 Å². The predicted octanol–water partition coefficient (Wildman–Crippen LogP) is 5.64. The fourth-order valence-electron chi connectivity index (χ4n) is 2.80. The summed E-state index contributed by atoms with van der Waals surface area (Å²) in [6.45, 7) is 0. The maximum Gasteiger partial charge on any atom is 0.256 e. The van der Waals surface area contributed by atoms with Crippen molar-refractivity contribution in [2.75, 3.05) is 11.6 Å². The lowest BCUT2D eigenvalue weighted by Crippen LogP contribution is -2.12. The molecule has 0 unspecified atom stereocenters. The maximum absolute atomic E-state index is 12.7. The average Bonchev–Trinajstić information content (AvgIpc) is 3.13. The van der Waals surface area contributed by atoms with Gasteiger partial charge < -0.3 is 10.4 Å². The molecule has 0 spiro atoms. The van der Waals surface area contributed by atoms with Crippen LogP contribution < -0.4 is 5.32 Å². The molecule has 1 amide bonds. The van der Waals surface area contributed by atoms with E-state index in [-0.39, 0.29) is 11.7 Å². The van der Waals surface area contributed by atoms with E-state index >= 15 is 0 Å². The summed E-state index contributed by atoms with van der Waals surface area (Å²) in [5.74, 6) is -0.0440. The van der Waals surface area contributed by atoms with Crippen molar-refractivity contribution in [2.24, 2.45) is 0 Å². The highest BCUT2D eigenvalue weighted by molar-refractivity contribution is 7.98. The van der Waals surface area contributed by atoms with Crippen LogP contribution in [0.15, 0.2) is 71.6 Å². The zero-order chi connectivity index (χ0) is 18.8. The number of fused-ring (bicyclic) bond motifs is 1. The van der Waals surface area contributed by atoms with E-state index in [0.717, 1.165) is 15.1 Å². The first-order valence-corrected chi connectivity index (χ1v) is 10.3. The van der Waals surface area contributed by atoms with Crippen molar-refractivity contribution in [1.82, 2.24) is 4.98 Å². The van der Waals surface area contributed by atoms with Gasteiger partial charge in [-0.1, -0.05) is 24.3 Å². The van der Waals surface area contributed by atoms with Gasteiger partial charge in [0.15, 0.2) is 0 Å². The molecule has 1 aromatic heterocycles. The van der Waals surface area contributed by atoms with Gasteiger partial charge >= 0.3 is 0 Å². The second-order valence-electron chi connectivity index (χ2n) is 5.87. The molecule has 0 saturated heterocycles. The number of thiazole rings is 1. The second kappa shape index (κ2) is 7.42. The Balaban J connectivity index is 1.67. The van der Waals surface area contributed by atoms with Crippen molar-refractivity contribution in [2.45, 2.75) is 4.90 Å². The number of hydrogen-bond acceptors (Lipinski definition) is 5. The van der Waals surface area contributed by atoms with Crippen molar-refractivity contribution >= 4 is 44.9 Å². The number of nitrogens with zero attached hydrogens (tertiary/aromatic N) is 1. The SMILES string of the molecule is CSc1ccccc1C(=O)Nc1ccc(O)c(-c2nc3ccccc3s2)c1. The van der Waals surface area contributed by atoms with Gasteiger partial charge in [-0.15, -0.1) is 23.1 Å². The van der Waals surface area contributed by atoms with Crippen LogP contribution in [0.2, 0.25) is 0 Å². The smallest absolute Gasteiger partial charge is 0.256 e. The quantitative estimate of drug-likeness (QED) is 0.348. The van der Waals surface area contributed by atoms with Crippen LogP contribution in [0.5, 0.6) is 5.75 Å². The summed E-state index contributed by atoms with van der Waals surface area (Å²) in [4.78, 5) is 18.2. The topological polar surface area (TPSA) is 62.2 Å². The number of nitrogens with one attached hydrogen (secondary N) is 1. The van der Waals surface area contributed by atoms with Gasteiger partial charge in [0.1, 0.15) is 10.8 Å². The van der Waals surface area contributed by atoms with Crippen molar-refractivity contribution in [3.05, 3.63) is 72.3 Å². The zero-order valence-electron chi connectivity index (χ0n) is 14.5. The number of rotatable bonds is 4. The molecule has 1 heterocycles. The lowest BCUT2D eigenvalue weighted by molar-refractivity contribution is 0.102. The summed E-state index contributed by atoms with van der Waals surface area (Å²) in [5, 5.41) is 13.9. The third-order valence-electron chi connectivity index (χ3n) is 4.13. The van der Waals surface area contributed by atoms with Crippen LogP contribution in [0.3, 0.4) is 0 Å². The number of benzene rings is 3. The summed E-state index contributed by atoms with van der Waals surface area (Å²) < 4.78 is 1.05. The molecule has 0 saturated carbocycles. The van der Waals surface area contributed by atoms with Crippen LogP contribution in [-0.2, 0) is 0 Å². The van der Waals surface area contributed by atoms with E-state index in [2.05, 4.69) is 10.3 Å². The molecule has 0 aliphatic heterocycles. The molecule has 0 fully saturated rings. The zero-order valence-corrected chi connectivity index (χ0v) is 16.1. The first kappa shape index (κ1) is 17.6. The van der Waals surface area contributed by atoms with E-state index in [0.29, 0.717) is 21.8 Å². The molecule has 0 bridgehead atoms. The molecule has 0 atom stereocenters. The van der Waals surface area contributed by atoms with Crippen molar-refractivity contribution in [1.29, 1.82) is 0 Å².